The van der Waals surface area contributed by atoms with Gasteiger partial charge in [0.2, 0.25) is 0 Å². The summed E-state index contributed by atoms with van der Waals surface area (Å²) in [5.41, 5.74) is 0.664. The SMILES string of the molecule is CC(Cl)CC(C)NC(=O)c1ccc(Br)cc1. The van der Waals surface area contributed by atoms with Crippen molar-refractivity contribution in [2.24, 2.45) is 0 Å². The number of benzene rings is 1. The highest BCUT2D eigenvalue weighted by Crippen LogP contribution is 2.11. The van der Waals surface area contributed by atoms with Crippen molar-refractivity contribution in [3.05, 3.63) is 34.3 Å². The van der Waals surface area contributed by atoms with Crippen molar-refractivity contribution >= 4 is 33.4 Å². The Kier molecular flexibility index (Phi) is 5.29. The average molecular weight is 305 g/mol. The molecule has 1 rings (SSSR count). The topological polar surface area (TPSA) is 29.1 Å². The molecule has 0 radical (unpaired) electrons. The van der Waals surface area contributed by atoms with Crippen molar-refractivity contribution in [2.45, 2.75) is 31.7 Å². The predicted molar refractivity (Wildman–Crippen MR) is 71.0 cm³/mol. The molecule has 16 heavy (non-hydrogen) atoms. The van der Waals surface area contributed by atoms with E-state index in [9.17, 15) is 4.79 Å². The Balaban J connectivity index is 2.55. The van der Waals surface area contributed by atoms with Crippen LogP contribution in [0.4, 0.5) is 0 Å². The van der Waals surface area contributed by atoms with Gasteiger partial charge in [-0.2, -0.15) is 0 Å². The summed E-state index contributed by atoms with van der Waals surface area (Å²) in [6, 6.07) is 7.36. The van der Waals surface area contributed by atoms with Gasteiger partial charge in [-0.3, -0.25) is 4.79 Å². The lowest BCUT2D eigenvalue weighted by Gasteiger charge is -2.14. The Hall–Kier alpha value is -0.540. The number of rotatable bonds is 4. The van der Waals surface area contributed by atoms with Gasteiger partial charge in [0.15, 0.2) is 0 Å². The molecule has 2 unspecified atom stereocenters. The van der Waals surface area contributed by atoms with Crippen LogP contribution in [-0.4, -0.2) is 17.3 Å². The molecule has 0 aromatic heterocycles. The van der Waals surface area contributed by atoms with E-state index in [1.165, 1.54) is 0 Å². The third-order valence-electron chi connectivity index (χ3n) is 2.16. The molecule has 0 saturated carbocycles. The minimum atomic E-state index is -0.0580. The number of carbonyl (C=O) groups excluding carboxylic acids is 1. The van der Waals surface area contributed by atoms with E-state index in [4.69, 9.17) is 11.6 Å². The molecule has 0 spiro atoms. The first-order chi connectivity index (χ1) is 7.49. The first-order valence-electron chi connectivity index (χ1n) is 5.19. The van der Waals surface area contributed by atoms with E-state index < -0.39 is 0 Å². The van der Waals surface area contributed by atoms with Crippen LogP contribution in [0, 0.1) is 0 Å². The second-order valence-electron chi connectivity index (χ2n) is 3.90. The molecular formula is C12H15BrClNO. The maximum absolute atomic E-state index is 11.8. The van der Waals surface area contributed by atoms with Crippen LogP contribution in [0.25, 0.3) is 0 Å². The fourth-order valence-corrected chi connectivity index (χ4v) is 1.99. The summed E-state index contributed by atoms with van der Waals surface area (Å²) in [5.74, 6) is -0.0580. The fraction of sp³-hybridized carbons (Fsp3) is 0.417. The molecule has 1 aromatic carbocycles. The van der Waals surface area contributed by atoms with Gasteiger partial charge in [0.1, 0.15) is 0 Å². The van der Waals surface area contributed by atoms with Gasteiger partial charge in [-0.05, 0) is 44.5 Å². The highest BCUT2D eigenvalue weighted by molar-refractivity contribution is 9.10. The summed E-state index contributed by atoms with van der Waals surface area (Å²) in [5, 5.41) is 2.98. The Labute approximate surface area is 110 Å². The molecule has 0 bridgehead atoms. The molecule has 0 saturated heterocycles. The zero-order chi connectivity index (χ0) is 12.1. The molecule has 0 aliphatic carbocycles. The molecule has 1 amide bonds. The van der Waals surface area contributed by atoms with Gasteiger partial charge in [0.25, 0.3) is 5.91 Å². The number of carbonyl (C=O) groups is 1. The monoisotopic (exact) mass is 303 g/mol. The van der Waals surface area contributed by atoms with E-state index in [1.807, 2.05) is 26.0 Å². The lowest BCUT2D eigenvalue weighted by molar-refractivity contribution is 0.0938. The number of hydrogen-bond acceptors (Lipinski definition) is 1. The average Bonchev–Trinajstić information content (AvgIpc) is 2.16. The second-order valence-corrected chi connectivity index (χ2v) is 5.56. The van der Waals surface area contributed by atoms with Gasteiger partial charge in [-0.25, -0.2) is 0 Å². The van der Waals surface area contributed by atoms with Crippen LogP contribution in [0.2, 0.25) is 0 Å². The summed E-state index contributed by atoms with van der Waals surface area (Å²) in [6.07, 6.45) is 0.768. The Morgan fingerprint density at radius 1 is 1.38 bits per heavy atom. The fourth-order valence-electron chi connectivity index (χ4n) is 1.45. The molecule has 0 aliphatic heterocycles. The minimum Gasteiger partial charge on any atom is -0.350 e. The number of hydrogen-bond donors (Lipinski definition) is 1. The van der Waals surface area contributed by atoms with Gasteiger partial charge in [0, 0.05) is 21.5 Å². The summed E-state index contributed by atoms with van der Waals surface area (Å²) < 4.78 is 0.964. The van der Waals surface area contributed by atoms with Gasteiger partial charge < -0.3 is 5.32 Å². The molecule has 1 aromatic rings. The van der Waals surface area contributed by atoms with Crippen molar-refractivity contribution in [1.29, 1.82) is 0 Å². The molecule has 0 heterocycles. The molecule has 0 aliphatic rings. The number of amides is 1. The maximum atomic E-state index is 11.8. The highest BCUT2D eigenvalue weighted by Gasteiger charge is 2.11. The molecule has 88 valence electrons. The summed E-state index contributed by atoms with van der Waals surface area (Å²) in [7, 11) is 0. The van der Waals surface area contributed by atoms with E-state index in [1.54, 1.807) is 12.1 Å². The Morgan fingerprint density at radius 2 is 1.94 bits per heavy atom. The van der Waals surface area contributed by atoms with Crippen LogP contribution in [0.5, 0.6) is 0 Å². The first-order valence-corrected chi connectivity index (χ1v) is 6.42. The Bertz CT molecular complexity index is 351. The second kappa shape index (κ2) is 6.26. The molecule has 2 atom stereocenters. The van der Waals surface area contributed by atoms with E-state index in [-0.39, 0.29) is 17.3 Å². The van der Waals surface area contributed by atoms with E-state index in [2.05, 4.69) is 21.2 Å². The summed E-state index contributed by atoms with van der Waals surface area (Å²) >= 11 is 9.19. The standard InChI is InChI=1S/C12H15BrClNO/c1-8(14)7-9(2)15-12(16)10-3-5-11(13)6-4-10/h3-6,8-9H,7H2,1-2H3,(H,15,16). The third kappa shape index (κ3) is 4.54. The predicted octanol–water partition coefficient (Wildman–Crippen LogP) is 3.58. The van der Waals surface area contributed by atoms with Gasteiger partial charge in [0.05, 0.1) is 0 Å². The van der Waals surface area contributed by atoms with Crippen molar-refractivity contribution in [1.82, 2.24) is 5.32 Å². The van der Waals surface area contributed by atoms with Gasteiger partial charge in [-0.15, -0.1) is 11.6 Å². The molecule has 0 fully saturated rings. The van der Waals surface area contributed by atoms with Crippen molar-refractivity contribution in [3.8, 4) is 0 Å². The molecular weight excluding hydrogens is 289 g/mol. The molecule has 2 nitrogen and oxygen atoms in total. The third-order valence-corrected chi connectivity index (χ3v) is 2.87. The molecule has 1 N–H and O–H groups in total. The summed E-state index contributed by atoms with van der Waals surface area (Å²) in [4.78, 5) is 11.8. The largest absolute Gasteiger partial charge is 0.350 e. The minimum absolute atomic E-state index is 0.0580. The first kappa shape index (κ1) is 13.5. The lowest BCUT2D eigenvalue weighted by atomic mass is 10.1. The molecule has 4 heteroatoms. The summed E-state index contributed by atoms with van der Waals surface area (Å²) in [6.45, 7) is 3.87. The van der Waals surface area contributed by atoms with Crippen molar-refractivity contribution in [2.75, 3.05) is 0 Å². The van der Waals surface area contributed by atoms with Crippen LogP contribution in [0.15, 0.2) is 28.7 Å². The van der Waals surface area contributed by atoms with Crippen LogP contribution < -0.4 is 5.32 Å². The van der Waals surface area contributed by atoms with Crippen LogP contribution >= 0.6 is 27.5 Å². The number of nitrogens with one attached hydrogen (secondary N) is 1. The zero-order valence-electron chi connectivity index (χ0n) is 9.34. The van der Waals surface area contributed by atoms with Crippen molar-refractivity contribution in [3.63, 3.8) is 0 Å². The normalized spacial score (nSPS) is 14.2. The quantitative estimate of drug-likeness (QED) is 0.846. The smallest absolute Gasteiger partial charge is 0.251 e. The van der Waals surface area contributed by atoms with Crippen LogP contribution in [0.1, 0.15) is 30.6 Å². The van der Waals surface area contributed by atoms with Crippen molar-refractivity contribution < 1.29 is 4.79 Å². The van der Waals surface area contributed by atoms with Crippen LogP contribution in [0.3, 0.4) is 0 Å². The zero-order valence-corrected chi connectivity index (χ0v) is 11.7. The van der Waals surface area contributed by atoms with E-state index in [0.29, 0.717) is 5.56 Å². The van der Waals surface area contributed by atoms with Gasteiger partial charge in [-0.1, -0.05) is 15.9 Å². The lowest BCUT2D eigenvalue weighted by Crippen LogP contribution is -2.33. The maximum Gasteiger partial charge on any atom is 0.251 e. The highest BCUT2D eigenvalue weighted by atomic mass is 79.9. The Morgan fingerprint density at radius 3 is 2.44 bits per heavy atom. The van der Waals surface area contributed by atoms with Crippen LogP contribution in [-0.2, 0) is 0 Å². The van der Waals surface area contributed by atoms with E-state index in [0.717, 1.165) is 10.9 Å². The van der Waals surface area contributed by atoms with E-state index >= 15 is 0 Å². The number of halogens is 2. The van der Waals surface area contributed by atoms with Gasteiger partial charge >= 0.3 is 0 Å². The number of alkyl halides is 1.